The van der Waals surface area contributed by atoms with E-state index in [1.165, 1.54) is 12.1 Å². The lowest BCUT2D eigenvalue weighted by atomic mass is 10.1. The van der Waals surface area contributed by atoms with Crippen LogP contribution < -0.4 is 0 Å². The maximum atomic E-state index is 12.9. The largest absolute Gasteiger partial charge is 0.411 e. The molecule has 0 bridgehead atoms. The molecule has 0 radical (unpaired) electrons. The third kappa shape index (κ3) is 3.87. The molecule has 0 aliphatic rings. The third-order valence-corrected chi connectivity index (χ3v) is 3.43. The topological polar surface area (TPSA) is 50.4 Å². The molecule has 5 heteroatoms. The summed E-state index contributed by atoms with van der Waals surface area (Å²) in [7, 11) is 0. The van der Waals surface area contributed by atoms with E-state index in [-0.39, 0.29) is 5.82 Å². The number of rotatable bonds is 3. The van der Waals surface area contributed by atoms with Gasteiger partial charge in [-0.2, -0.15) is 0 Å². The molecule has 0 aliphatic heterocycles. The number of oxime groups is 1. The quantitative estimate of drug-likeness (QED) is 0.348. The molecule has 24 heavy (non-hydrogen) atoms. The molecule has 3 aromatic rings. The summed E-state index contributed by atoms with van der Waals surface area (Å²) in [5, 5.41) is 12.6. The van der Waals surface area contributed by atoms with E-state index in [0.717, 1.165) is 16.7 Å². The Kier molecular flexibility index (Phi) is 4.68. The van der Waals surface area contributed by atoms with Crippen molar-refractivity contribution in [2.75, 3.05) is 0 Å². The highest BCUT2D eigenvalue weighted by atomic mass is 19.1. The number of nitrogens with zero attached hydrogens (tertiary/aromatic N) is 3. The standard InChI is InChI=1S/C19H14FN3O/c20-18-9-5-16(6-10-18)2-1-15-3-7-17(8-4-15)19(22-24)13-23-12-11-21-14-23/h3-12,14,24H,13H2/b22-19+. The molecule has 0 unspecified atom stereocenters. The molecular weight excluding hydrogens is 305 g/mol. The second-order valence-electron chi connectivity index (χ2n) is 5.12. The van der Waals surface area contributed by atoms with E-state index < -0.39 is 0 Å². The van der Waals surface area contributed by atoms with Gasteiger partial charge in [-0.05, 0) is 36.4 Å². The number of halogens is 1. The van der Waals surface area contributed by atoms with Crippen molar-refractivity contribution in [3.05, 3.63) is 89.8 Å². The summed E-state index contributed by atoms with van der Waals surface area (Å²) in [5.41, 5.74) is 2.91. The van der Waals surface area contributed by atoms with Gasteiger partial charge in [0.05, 0.1) is 12.9 Å². The summed E-state index contributed by atoms with van der Waals surface area (Å²) in [6.07, 6.45) is 5.13. The van der Waals surface area contributed by atoms with Crippen molar-refractivity contribution in [2.24, 2.45) is 5.16 Å². The highest BCUT2D eigenvalue weighted by molar-refractivity contribution is 6.00. The SMILES string of the molecule is O/N=C(\Cn1ccnc1)c1ccc(C#Cc2ccc(F)cc2)cc1. The van der Waals surface area contributed by atoms with E-state index in [4.69, 9.17) is 0 Å². The summed E-state index contributed by atoms with van der Waals surface area (Å²) in [6, 6.07) is 13.4. The van der Waals surface area contributed by atoms with Gasteiger partial charge in [-0.15, -0.1) is 0 Å². The molecule has 4 nitrogen and oxygen atoms in total. The molecule has 1 heterocycles. The van der Waals surface area contributed by atoms with Crippen LogP contribution in [0.25, 0.3) is 0 Å². The second kappa shape index (κ2) is 7.25. The molecule has 0 amide bonds. The monoisotopic (exact) mass is 319 g/mol. The van der Waals surface area contributed by atoms with E-state index in [9.17, 15) is 9.60 Å². The van der Waals surface area contributed by atoms with E-state index >= 15 is 0 Å². The maximum absolute atomic E-state index is 12.9. The van der Waals surface area contributed by atoms with Crippen LogP contribution >= 0.6 is 0 Å². The summed E-state index contributed by atoms with van der Waals surface area (Å²) in [4.78, 5) is 3.96. The van der Waals surface area contributed by atoms with E-state index in [2.05, 4.69) is 22.0 Å². The fourth-order valence-electron chi connectivity index (χ4n) is 2.16. The van der Waals surface area contributed by atoms with Crippen molar-refractivity contribution in [3.63, 3.8) is 0 Å². The number of hydrogen-bond acceptors (Lipinski definition) is 3. The van der Waals surface area contributed by atoms with Gasteiger partial charge in [-0.3, -0.25) is 0 Å². The number of aromatic nitrogens is 2. The average molecular weight is 319 g/mol. The van der Waals surface area contributed by atoms with Crippen molar-refractivity contribution >= 4 is 5.71 Å². The molecule has 0 saturated carbocycles. The molecule has 0 aliphatic carbocycles. The Hall–Kier alpha value is -3.39. The Morgan fingerprint density at radius 2 is 1.67 bits per heavy atom. The maximum Gasteiger partial charge on any atom is 0.123 e. The van der Waals surface area contributed by atoms with E-state index in [1.54, 1.807) is 30.9 Å². The molecule has 1 N–H and O–H groups in total. The minimum absolute atomic E-state index is 0.279. The van der Waals surface area contributed by atoms with Crippen molar-refractivity contribution in [1.82, 2.24) is 9.55 Å². The first-order valence-corrected chi connectivity index (χ1v) is 7.29. The predicted molar refractivity (Wildman–Crippen MR) is 89.4 cm³/mol. The average Bonchev–Trinajstić information content (AvgIpc) is 3.13. The van der Waals surface area contributed by atoms with Crippen molar-refractivity contribution in [1.29, 1.82) is 0 Å². The minimum Gasteiger partial charge on any atom is -0.411 e. The zero-order valence-electron chi connectivity index (χ0n) is 12.7. The zero-order valence-corrected chi connectivity index (χ0v) is 12.7. The van der Waals surface area contributed by atoms with Crippen molar-refractivity contribution < 1.29 is 9.60 Å². The van der Waals surface area contributed by atoms with Gasteiger partial charge in [0.2, 0.25) is 0 Å². The first-order chi connectivity index (χ1) is 11.7. The second-order valence-corrected chi connectivity index (χ2v) is 5.12. The van der Waals surface area contributed by atoms with Crippen LogP contribution in [-0.2, 0) is 6.54 Å². The van der Waals surface area contributed by atoms with Crippen LogP contribution in [-0.4, -0.2) is 20.5 Å². The molecule has 0 atom stereocenters. The van der Waals surface area contributed by atoms with Crippen LogP contribution in [0.2, 0.25) is 0 Å². The zero-order chi connectivity index (χ0) is 16.8. The third-order valence-electron chi connectivity index (χ3n) is 3.43. The fraction of sp³-hybridized carbons (Fsp3) is 0.0526. The molecule has 0 fully saturated rings. The molecule has 3 rings (SSSR count). The van der Waals surface area contributed by atoms with Crippen LogP contribution in [0.5, 0.6) is 0 Å². The number of imidazole rings is 1. The Morgan fingerprint density at radius 3 is 2.21 bits per heavy atom. The van der Waals surface area contributed by atoms with Gasteiger partial charge in [0.1, 0.15) is 11.5 Å². The lowest BCUT2D eigenvalue weighted by molar-refractivity contribution is 0.317. The van der Waals surface area contributed by atoms with Gasteiger partial charge in [0, 0.05) is 29.1 Å². The van der Waals surface area contributed by atoms with E-state index in [0.29, 0.717) is 12.3 Å². The van der Waals surface area contributed by atoms with Crippen LogP contribution in [0.4, 0.5) is 4.39 Å². The molecule has 118 valence electrons. The molecule has 2 aromatic carbocycles. The normalized spacial score (nSPS) is 11.0. The summed E-state index contributed by atoms with van der Waals surface area (Å²) in [5.74, 6) is 5.72. The Morgan fingerprint density at radius 1 is 1.04 bits per heavy atom. The first kappa shape index (κ1) is 15.5. The Bertz CT molecular complexity index is 887. The summed E-state index contributed by atoms with van der Waals surface area (Å²) in [6.45, 7) is 0.428. The van der Waals surface area contributed by atoms with Crippen LogP contribution in [0.3, 0.4) is 0 Å². The van der Waals surface area contributed by atoms with Crippen molar-refractivity contribution in [2.45, 2.75) is 6.54 Å². The van der Waals surface area contributed by atoms with Gasteiger partial charge < -0.3 is 9.77 Å². The van der Waals surface area contributed by atoms with Gasteiger partial charge in [-0.25, -0.2) is 9.37 Å². The number of benzene rings is 2. The lowest BCUT2D eigenvalue weighted by Gasteiger charge is -2.05. The van der Waals surface area contributed by atoms with Gasteiger partial charge in [0.15, 0.2) is 0 Å². The summed E-state index contributed by atoms with van der Waals surface area (Å²) >= 11 is 0. The van der Waals surface area contributed by atoms with E-state index in [1.807, 2.05) is 28.8 Å². The lowest BCUT2D eigenvalue weighted by Crippen LogP contribution is -2.10. The van der Waals surface area contributed by atoms with Crippen molar-refractivity contribution in [3.8, 4) is 11.8 Å². The fourth-order valence-corrected chi connectivity index (χ4v) is 2.16. The molecule has 0 spiro atoms. The first-order valence-electron chi connectivity index (χ1n) is 7.29. The highest BCUT2D eigenvalue weighted by Crippen LogP contribution is 2.08. The Balaban J connectivity index is 1.74. The van der Waals surface area contributed by atoms with Crippen LogP contribution in [0, 0.1) is 17.7 Å². The molecular formula is C19H14FN3O. The van der Waals surface area contributed by atoms with Gasteiger partial charge in [-0.1, -0.05) is 29.1 Å². The van der Waals surface area contributed by atoms with Crippen LogP contribution in [0.15, 0.2) is 72.4 Å². The van der Waals surface area contributed by atoms with Gasteiger partial charge in [0.25, 0.3) is 0 Å². The smallest absolute Gasteiger partial charge is 0.123 e. The summed E-state index contributed by atoms with van der Waals surface area (Å²) < 4.78 is 14.7. The van der Waals surface area contributed by atoms with Gasteiger partial charge >= 0.3 is 0 Å². The minimum atomic E-state index is -0.279. The van der Waals surface area contributed by atoms with Crippen LogP contribution in [0.1, 0.15) is 16.7 Å². The predicted octanol–water partition coefficient (Wildman–Crippen LogP) is 3.30. The highest BCUT2D eigenvalue weighted by Gasteiger charge is 2.05. The molecule has 1 aromatic heterocycles. The number of hydrogen-bond donors (Lipinski definition) is 1. The Labute approximate surface area is 138 Å². The molecule has 0 saturated heterocycles.